The third kappa shape index (κ3) is 5.13. The van der Waals surface area contributed by atoms with Crippen molar-refractivity contribution in [2.24, 2.45) is 0 Å². The summed E-state index contributed by atoms with van der Waals surface area (Å²) in [5.41, 5.74) is 1.35. The van der Waals surface area contributed by atoms with Crippen LogP contribution in [0.25, 0.3) is 0 Å². The predicted octanol–water partition coefficient (Wildman–Crippen LogP) is 3.48. The Hall–Kier alpha value is -2.32. The van der Waals surface area contributed by atoms with E-state index in [2.05, 4.69) is 4.98 Å². The third-order valence-corrected chi connectivity index (χ3v) is 7.21. The quantitative estimate of drug-likeness (QED) is 0.683. The zero-order valence-electron chi connectivity index (χ0n) is 17.8. The summed E-state index contributed by atoms with van der Waals surface area (Å²) < 4.78 is 18.3. The van der Waals surface area contributed by atoms with Crippen molar-refractivity contribution in [3.05, 3.63) is 51.7 Å². The van der Waals surface area contributed by atoms with Gasteiger partial charge in [-0.2, -0.15) is 0 Å². The molecule has 1 atom stereocenters. The fourth-order valence-electron chi connectivity index (χ4n) is 4.45. The van der Waals surface area contributed by atoms with Crippen LogP contribution < -0.4 is 0 Å². The first-order valence-corrected chi connectivity index (χ1v) is 11.7. The van der Waals surface area contributed by atoms with Gasteiger partial charge in [0.25, 0.3) is 5.91 Å². The number of likely N-dealkylation sites (tertiary alicyclic amines) is 2. The molecule has 31 heavy (non-hydrogen) atoms. The molecule has 1 aromatic carbocycles. The maximum atomic E-state index is 13.0. The van der Waals surface area contributed by atoms with Crippen LogP contribution in [-0.4, -0.2) is 66.0 Å². The number of thiazole rings is 1. The van der Waals surface area contributed by atoms with E-state index in [1.54, 1.807) is 30.6 Å². The van der Waals surface area contributed by atoms with Crippen LogP contribution in [0.1, 0.15) is 52.7 Å². The lowest BCUT2D eigenvalue weighted by molar-refractivity contribution is -0.131. The number of ether oxygens (including phenoxy) is 1. The van der Waals surface area contributed by atoms with Crippen molar-refractivity contribution in [3.63, 3.8) is 0 Å². The van der Waals surface area contributed by atoms with Crippen molar-refractivity contribution in [1.29, 1.82) is 0 Å². The molecule has 0 aliphatic carbocycles. The summed E-state index contributed by atoms with van der Waals surface area (Å²) >= 11 is 1.54. The molecule has 3 heterocycles. The van der Waals surface area contributed by atoms with Crippen molar-refractivity contribution in [1.82, 2.24) is 14.8 Å². The summed E-state index contributed by atoms with van der Waals surface area (Å²) in [5, 5.41) is 2.85. The molecule has 2 fully saturated rings. The van der Waals surface area contributed by atoms with Gasteiger partial charge in [-0.3, -0.25) is 9.59 Å². The van der Waals surface area contributed by atoms with Crippen molar-refractivity contribution in [2.45, 2.75) is 44.1 Å². The van der Waals surface area contributed by atoms with Gasteiger partial charge in [-0.15, -0.1) is 11.3 Å². The van der Waals surface area contributed by atoms with Crippen molar-refractivity contribution < 1.29 is 18.7 Å². The van der Waals surface area contributed by atoms with Crippen LogP contribution in [0.5, 0.6) is 0 Å². The zero-order chi connectivity index (χ0) is 21.8. The first-order chi connectivity index (χ1) is 15.0. The fraction of sp³-hybridized carbons (Fsp3) is 0.522. The maximum absolute atomic E-state index is 13.0. The molecule has 0 saturated carbocycles. The standard InChI is InChI=1S/C23H28FN3O3S/c1-30-14-19-3-2-10-27(19)23(29)20-15-31-22(25-20)17-8-11-26(12-9-17)21(28)13-16-4-6-18(24)7-5-16/h4-7,15,17,19H,2-3,8-14H2,1H3. The average Bonchev–Trinajstić information content (AvgIpc) is 3.45. The number of carbonyl (C=O) groups excluding carboxylic acids is 2. The number of carbonyl (C=O) groups is 2. The number of amides is 2. The molecule has 1 unspecified atom stereocenters. The Morgan fingerprint density at radius 3 is 2.61 bits per heavy atom. The minimum absolute atomic E-state index is 0.00559. The summed E-state index contributed by atoms with van der Waals surface area (Å²) in [7, 11) is 1.67. The molecule has 1 aromatic heterocycles. The van der Waals surface area contributed by atoms with Gasteiger partial charge in [-0.25, -0.2) is 9.37 Å². The normalized spacial score (nSPS) is 19.7. The van der Waals surface area contributed by atoms with Crippen LogP contribution in [0, 0.1) is 5.82 Å². The summed E-state index contributed by atoms with van der Waals surface area (Å²) in [5.74, 6) is 0.0410. The summed E-state index contributed by atoms with van der Waals surface area (Å²) in [6, 6.07) is 6.22. The molecule has 2 aliphatic rings. The van der Waals surface area contributed by atoms with Gasteiger partial charge in [0.05, 0.1) is 24.1 Å². The lowest BCUT2D eigenvalue weighted by Gasteiger charge is -2.31. The Balaban J connectivity index is 1.31. The highest BCUT2D eigenvalue weighted by atomic mass is 32.1. The number of hydrogen-bond donors (Lipinski definition) is 0. The van der Waals surface area contributed by atoms with Gasteiger partial charge in [0, 0.05) is 38.0 Å². The lowest BCUT2D eigenvalue weighted by atomic mass is 9.97. The first-order valence-electron chi connectivity index (χ1n) is 10.8. The molecular weight excluding hydrogens is 417 g/mol. The number of hydrogen-bond acceptors (Lipinski definition) is 5. The van der Waals surface area contributed by atoms with E-state index in [4.69, 9.17) is 4.74 Å². The van der Waals surface area contributed by atoms with Gasteiger partial charge in [0.1, 0.15) is 11.5 Å². The Morgan fingerprint density at radius 2 is 1.90 bits per heavy atom. The minimum Gasteiger partial charge on any atom is -0.383 e. The highest BCUT2D eigenvalue weighted by molar-refractivity contribution is 7.09. The molecule has 2 aliphatic heterocycles. The number of nitrogens with zero attached hydrogens (tertiary/aromatic N) is 3. The molecule has 4 rings (SSSR count). The largest absolute Gasteiger partial charge is 0.383 e. The topological polar surface area (TPSA) is 62.7 Å². The highest BCUT2D eigenvalue weighted by Gasteiger charge is 2.32. The van der Waals surface area contributed by atoms with E-state index in [0.29, 0.717) is 31.8 Å². The molecular formula is C23H28FN3O3S. The molecule has 6 nitrogen and oxygen atoms in total. The van der Waals surface area contributed by atoms with Crippen LogP contribution in [-0.2, 0) is 16.0 Å². The van der Waals surface area contributed by atoms with Gasteiger partial charge in [0.15, 0.2) is 0 Å². The number of methoxy groups -OCH3 is 1. The Labute approximate surface area is 186 Å². The molecule has 2 saturated heterocycles. The van der Waals surface area contributed by atoms with Gasteiger partial charge in [0.2, 0.25) is 5.91 Å². The second kappa shape index (κ2) is 9.87. The van der Waals surface area contributed by atoms with Crippen LogP contribution in [0.4, 0.5) is 4.39 Å². The van der Waals surface area contributed by atoms with E-state index in [9.17, 15) is 14.0 Å². The molecule has 8 heteroatoms. The lowest BCUT2D eigenvalue weighted by Crippen LogP contribution is -2.39. The molecule has 0 bridgehead atoms. The van der Waals surface area contributed by atoms with E-state index >= 15 is 0 Å². The smallest absolute Gasteiger partial charge is 0.273 e. The monoisotopic (exact) mass is 445 g/mol. The highest BCUT2D eigenvalue weighted by Crippen LogP contribution is 2.31. The van der Waals surface area contributed by atoms with Gasteiger partial charge in [-0.05, 0) is 43.4 Å². The Bertz CT molecular complexity index is 909. The van der Waals surface area contributed by atoms with Crippen LogP contribution in [0.3, 0.4) is 0 Å². The number of rotatable bonds is 6. The van der Waals surface area contributed by atoms with Crippen LogP contribution >= 0.6 is 11.3 Å². The van der Waals surface area contributed by atoms with E-state index in [-0.39, 0.29) is 29.6 Å². The maximum Gasteiger partial charge on any atom is 0.273 e. The molecule has 166 valence electrons. The number of piperidine rings is 1. The Morgan fingerprint density at radius 1 is 1.16 bits per heavy atom. The zero-order valence-corrected chi connectivity index (χ0v) is 18.6. The van der Waals surface area contributed by atoms with E-state index in [1.807, 2.05) is 15.2 Å². The Kier molecular flexibility index (Phi) is 6.97. The summed E-state index contributed by atoms with van der Waals surface area (Å²) in [4.78, 5) is 33.9. The summed E-state index contributed by atoms with van der Waals surface area (Å²) in [6.07, 6.45) is 3.94. The summed E-state index contributed by atoms with van der Waals surface area (Å²) in [6.45, 7) is 2.67. The van der Waals surface area contributed by atoms with E-state index < -0.39 is 0 Å². The third-order valence-electron chi connectivity index (χ3n) is 6.20. The number of halogens is 1. The van der Waals surface area contributed by atoms with Crippen LogP contribution in [0.2, 0.25) is 0 Å². The van der Waals surface area contributed by atoms with Crippen molar-refractivity contribution in [2.75, 3.05) is 33.4 Å². The van der Waals surface area contributed by atoms with Crippen LogP contribution in [0.15, 0.2) is 29.6 Å². The molecule has 0 radical (unpaired) electrons. The minimum atomic E-state index is -0.294. The molecule has 2 aromatic rings. The van der Waals surface area contributed by atoms with Crippen molar-refractivity contribution >= 4 is 23.2 Å². The first kappa shape index (κ1) is 21.9. The SMILES string of the molecule is COCC1CCCN1C(=O)c1csc(C2CCN(C(=O)Cc3ccc(F)cc3)CC2)n1. The second-order valence-corrected chi connectivity index (χ2v) is 9.17. The van der Waals surface area contributed by atoms with Gasteiger partial charge >= 0.3 is 0 Å². The van der Waals surface area contributed by atoms with E-state index in [0.717, 1.165) is 42.8 Å². The number of aromatic nitrogens is 1. The van der Waals surface area contributed by atoms with Crippen molar-refractivity contribution in [3.8, 4) is 0 Å². The fourth-order valence-corrected chi connectivity index (χ4v) is 5.42. The second-order valence-electron chi connectivity index (χ2n) is 8.28. The molecule has 2 amide bonds. The molecule has 0 spiro atoms. The number of benzene rings is 1. The molecule has 0 N–H and O–H groups in total. The van der Waals surface area contributed by atoms with E-state index in [1.165, 1.54) is 12.1 Å². The average molecular weight is 446 g/mol. The van der Waals surface area contributed by atoms with Gasteiger partial charge in [-0.1, -0.05) is 12.1 Å². The van der Waals surface area contributed by atoms with Gasteiger partial charge < -0.3 is 14.5 Å². The predicted molar refractivity (Wildman–Crippen MR) is 117 cm³/mol.